The summed E-state index contributed by atoms with van der Waals surface area (Å²) in [6.07, 6.45) is 7.93. The minimum Gasteiger partial charge on any atom is -0.381 e. The van der Waals surface area contributed by atoms with Gasteiger partial charge in [0, 0.05) is 13.2 Å². The van der Waals surface area contributed by atoms with E-state index in [1.165, 1.54) is 38.5 Å². The standard InChI is InChI=1S/C14H30O/c1-5-7-9-13(3)11-15-12-14(4)10-8-6-2/h13-14H,5-12H2,1-4H3. The lowest BCUT2D eigenvalue weighted by Gasteiger charge is -2.15. The molecule has 0 spiro atoms. The van der Waals surface area contributed by atoms with E-state index in [1.54, 1.807) is 0 Å². The van der Waals surface area contributed by atoms with Gasteiger partial charge in [0.1, 0.15) is 0 Å². The van der Waals surface area contributed by atoms with Gasteiger partial charge in [0.05, 0.1) is 0 Å². The summed E-state index contributed by atoms with van der Waals surface area (Å²) in [7, 11) is 0. The molecule has 92 valence electrons. The molecular weight excluding hydrogens is 184 g/mol. The normalized spacial score (nSPS) is 15.2. The molecule has 0 aliphatic heterocycles. The lowest BCUT2D eigenvalue weighted by atomic mass is 10.0. The van der Waals surface area contributed by atoms with Crippen LogP contribution in [0.3, 0.4) is 0 Å². The Labute approximate surface area is 96.6 Å². The number of rotatable bonds is 10. The monoisotopic (exact) mass is 214 g/mol. The number of hydrogen-bond acceptors (Lipinski definition) is 1. The van der Waals surface area contributed by atoms with E-state index < -0.39 is 0 Å². The number of unbranched alkanes of at least 4 members (excludes halogenated alkanes) is 2. The zero-order valence-corrected chi connectivity index (χ0v) is 11.2. The van der Waals surface area contributed by atoms with Crippen LogP contribution in [0.1, 0.15) is 66.2 Å². The summed E-state index contributed by atoms with van der Waals surface area (Å²) in [4.78, 5) is 0. The van der Waals surface area contributed by atoms with Crippen LogP contribution in [0.15, 0.2) is 0 Å². The minimum atomic E-state index is 0.739. The molecule has 0 fully saturated rings. The molecule has 0 aromatic carbocycles. The van der Waals surface area contributed by atoms with Gasteiger partial charge in [0.15, 0.2) is 0 Å². The van der Waals surface area contributed by atoms with Crippen molar-refractivity contribution < 1.29 is 4.74 Å². The van der Waals surface area contributed by atoms with E-state index in [2.05, 4.69) is 27.7 Å². The van der Waals surface area contributed by atoms with Crippen LogP contribution >= 0.6 is 0 Å². The fourth-order valence-corrected chi connectivity index (χ4v) is 1.74. The zero-order valence-electron chi connectivity index (χ0n) is 11.2. The van der Waals surface area contributed by atoms with Gasteiger partial charge in [0.25, 0.3) is 0 Å². The molecule has 0 aliphatic carbocycles. The summed E-state index contributed by atoms with van der Waals surface area (Å²) in [5.74, 6) is 1.48. The summed E-state index contributed by atoms with van der Waals surface area (Å²) in [5, 5.41) is 0. The average molecular weight is 214 g/mol. The first-order chi connectivity index (χ1) is 7.20. The van der Waals surface area contributed by atoms with Crippen LogP contribution in [0.2, 0.25) is 0 Å². The van der Waals surface area contributed by atoms with Crippen LogP contribution in [-0.4, -0.2) is 13.2 Å². The maximum absolute atomic E-state index is 5.75. The molecule has 2 unspecified atom stereocenters. The summed E-state index contributed by atoms with van der Waals surface area (Å²) in [6.45, 7) is 11.0. The highest BCUT2D eigenvalue weighted by Crippen LogP contribution is 2.11. The fraction of sp³-hybridized carbons (Fsp3) is 1.00. The van der Waals surface area contributed by atoms with Crippen molar-refractivity contribution in [3.05, 3.63) is 0 Å². The molecular formula is C14H30O. The van der Waals surface area contributed by atoms with Crippen LogP contribution in [0.5, 0.6) is 0 Å². The van der Waals surface area contributed by atoms with Crippen LogP contribution < -0.4 is 0 Å². The first-order valence-electron chi connectivity index (χ1n) is 6.78. The predicted octanol–water partition coefficient (Wildman–Crippen LogP) is 4.66. The van der Waals surface area contributed by atoms with Crippen molar-refractivity contribution in [3.8, 4) is 0 Å². The molecule has 15 heavy (non-hydrogen) atoms. The Morgan fingerprint density at radius 2 is 1.20 bits per heavy atom. The Bertz CT molecular complexity index is 109. The van der Waals surface area contributed by atoms with Crippen LogP contribution in [0.25, 0.3) is 0 Å². The maximum atomic E-state index is 5.75. The second-order valence-electron chi connectivity index (χ2n) is 5.03. The van der Waals surface area contributed by atoms with Gasteiger partial charge in [-0.15, -0.1) is 0 Å². The van der Waals surface area contributed by atoms with E-state index in [1.807, 2.05) is 0 Å². The summed E-state index contributed by atoms with van der Waals surface area (Å²) in [6, 6.07) is 0. The Hall–Kier alpha value is -0.0400. The topological polar surface area (TPSA) is 9.23 Å². The van der Waals surface area contributed by atoms with E-state index >= 15 is 0 Å². The van der Waals surface area contributed by atoms with E-state index in [0.717, 1.165) is 25.0 Å². The summed E-state index contributed by atoms with van der Waals surface area (Å²) >= 11 is 0. The molecule has 0 aromatic heterocycles. The molecule has 0 amide bonds. The lowest BCUT2D eigenvalue weighted by Crippen LogP contribution is -2.11. The molecule has 0 radical (unpaired) electrons. The molecule has 2 atom stereocenters. The molecule has 0 saturated carbocycles. The quantitative estimate of drug-likeness (QED) is 0.514. The van der Waals surface area contributed by atoms with Crippen molar-refractivity contribution in [1.82, 2.24) is 0 Å². The highest BCUT2D eigenvalue weighted by Gasteiger charge is 2.04. The molecule has 0 saturated heterocycles. The zero-order chi connectivity index (χ0) is 11.5. The third kappa shape index (κ3) is 10.2. The highest BCUT2D eigenvalue weighted by atomic mass is 16.5. The summed E-state index contributed by atoms with van der Waals surface area (Å²) < 4.78 is 5.75. The Morgan fingerprint density at radius 1 is 0.800 bits per heavy atom. The summed E-state index contributed by atoms with van der Waals surface area (Å²) in [5.41, 5.74) is 0. The minimum absolute atomic E-state index is 0.739. The number of hydrogen-bond donors (Lipinski definition) is 0. The molecule has 1 nitrogen and oxygen atoms in total. The largest absolute Gasteiger partial charge is 0.381 e. The third-order valence-corrected chi connectivity index (χ3v) is 2.91. The molecule has 0 N–H and O–H groups in total. The third-order valence-electron chi connectivity index (χ3n) is 2.91. The van der Waals surface area contributed by atoms with E-state index in [-0.39, 0.29) is 0 Å². The second-order valence-corrected chi connectivity index (χ2v) is 5.03. The number of ether oxygens (including phenoxy) is 1. The molecule has 0 rings (SSSR count). The van der Waals surface area contributed by atoms with Crippen molar-refractivity contribution in [2.75, 3.05) is 13.2 Å². The van der Waals surface area contributed by atoms with E-state index in [9.17, 15) is 0 Å². The van der Waals surface area contributed by atoms with Gasteiger partial charge < -0.3 is 4.74 Å². The van der Waals surface area contributed by atoms with E-state index in [4.69, 9.17) is 4.74 Å². The van der Waals surface area contributed by atoms with Crippen molar-refractivity contribution in [1.29, 1.82) is 0 Å². The van der Waals surface area contributed by atoms with Crippen molar-refractivity contribution in [2.45, 2.75) is 66.2 Å². The SMILES string of the molecule is CCCCC(C)COCC(C)CCCC. The van der Waals surface area contributed by atoms with Crippen LogP contribution in [0, 0.1) is 11.8 Å². The van der Waals surface area contributed by atoms with Gasteiger partial charge in [-0.3, -0.25) is 0 Å². The van der Waals surface area contributed by atoms with Gasteiger partial charge in [0.2, 0.25) is 0 Å². The first kappa shape index (κ1) is 15.0. The van der Waals surface area contributed by atoms with Crippen molar-refractivity contribution in [3.63, 3.8) is 0 Å². The van der Waals surface area contributed by atoms with Gasteiger partial charge >= 0.3 is 0 Å². The van der Waals surface area contributed by atoms with E-state index in [0.29, 0.717) is 0 Å². The Kier molecular flexibility index (Phi) is 10.4. The van der Waals surface area contributed by atoms with Crippen LogP contribution in [-0.2, 0) is 4.74 Å². The second kappa shape index (κ2) is 10.5. The lowest BCUT2D eigenvalue weighted by molar-refractivity contribution is 0.0744. The molecule has 0 aliphatic rings. The van der Waals surface area contributed by atoms with Gasteiger partial charge in [-0.25, -0.2) is 0 Å². The van der Waals surface area contributed by atoms with Gasteiger partial charge in [-0.1, -0.05) is 53.4 Å². The van der Waals surface area contributed by atoms with Crippen molar-refractivity contribution >= 4 is 0 Å². The first-order valence-corrected chi connectivity index (χ1v) is 6.78. The average Bonchev–Trinajstić information content (AvgIpc) is 2.23. The fourth-order valence-electron chi connectivity index (χ4n) is 1.74. The molecule has 0 aromatic rings. The predicted molar refractivity (Wildman–Crippen MR) is 68.2 cm³/mol. The molecule has 0 bridgehead atoms. The smallest absolute Gasteiger partial charge is 0.0491 e. The maximum Gasteiger partial charge on any atom is 0.0491 e. The van der Waals surface area contributed by atoms with Crippen LogP contribution in [0.4, 0.5) is 0 Å². The Morgan fingerprint density at radius 3 is 1.53 bits per heavy atom. The molecule has 0 heterocycles. The van der Waals surface area contributed by atoms with Gasteiger partial charge in [-0.2, -0.15) is 0 Å². The van der Waals surface area contributed by atoms with Gasteiger partial charge in [-0.05, 0) is 24.7 Å². The Balaban J connectivity index is 3.27. The molecule has 1 heteroatoms. The van der Waals surface area contributed by atoms with Crippen molar-refractivity contribution in [2.24, 2.45) is 11.8 Å². The highest BCUT2D eigenvalue weighted by molar-refractivity contribution is 4.54.